The van der Waals surface area contributed by atoms with Crippen LogP contribution in [0.3, 0.4) is 0 Å². The Bertz CT molecular complexity index is 532. The van der Waals surface area contributed by atoms with E-state index in [1.165, 1.54) is 5.69 Å². The molecule has 1 atom stereocenters. The van der Waals surface area contributed by atoms with E-state index in [4.69, 9.17) is 0 Å². The molecule has 1 aromatic rings. The number of nitrogens with zero attached hydrogens (tertiary/aromatic N) is 2. The molecule has 0 spiro atoms. The van der Waals surface area contributed by atoms with E-state index in [-0.39, 0.29) is 5.92 Å². The molecule has 0 aromatic carbocycles. The molecule has 2 fully saturated rings. The average Bonchev–Trinajstić information content (AvgIpc) is 2.98. The highest BCUT2D eigenvalue weighted by Gasteiger charge is 2.29. The Morgan fingerprint density at radius 3 is 2.79 bits per heavy atom. The summed E-state index contributed by atoms with van der Waals surface area (Å²) < 4.78 is 25.2. The van der Waals surface area contributed by atoms with Crippen LogP contribution in [0.25, 0.3) is 0 Å². The summed E-state index contributed by atoms with van der Waals surface area (Å²) in [4.78, 5) is 4.27. The van der Waals surface area contributed by atoms with Crippen molar-refractivity contribution in [1.29, 1.82) is 0 Å². The Balaban J connectivity index is 1.70. The first-order valence-corrected chi connectivity index (χ1v) is 8.87. The summed E-state index contributed by atoms with van der Waals surface area (Å²) in [5.74, 6) is 1.53. The molecular formula is C13H21N3O2S. The number of imidazole rings is 1. The molecule has 106 valence electrons. The van der Waals surface area contributed by atoms with Gasteiger partial charge in [-0.3, -0.25) is 0 Å². The standard InChI is InChI=1S/C13H21N3O2S/c17-19(18)6-3-11(9-19)8-16-10-15-7-13(16)12-1-4-14-5-2-12/h7,10-12,14H,1-6,8-9H2. The molecule has 0 amide bonds. The normalized spacial score (nSPS) is 27.7. The minimum atomic E-state index is -2.78. The van der Waals surface area contributed by atoms with Crippen molar-refractivity contribution in [1.82, 2.24) is 14.9 Å². The lowest BCUT2D eigenvalue weighted by Gasteiger charge is -2.24. The van der Waals surface area contributed by atoms with Crippen molar-refractivity contribution in [2.45, 2.75) is 31.7 Å². The molecule has 1 N–H and O–H groups in total. The molecule has 0 bridgehead atoms. The van der Waals surface area contributed by atoms with E-state index >= 15 is 0 Å². The van der Waals surface area contributed by atoms with Crippen LogP contribution in [-0.2, 0) is 16.4 Å². The van der Waals surface area contributed by atoms with E-state index in [0.717, 1.165) is 38.9 Å². The second kappa shape index (κ2) is 5.25. The third-order valence-electron chi connectivity index (χ3n) is 4.28. The largest absolute Gasteiger partial charge is 0.334 e. The van der Waals surface area contributed by atoms with Gasteiger partial charge < -0.3 is 9.88 Å². The Morgan fingerprint density at radius 2 is 2.11 bits per heavy atom. The number of sulfone groups is 1. The van der Waals surface area contributed by atoms with E-state index in [1.54, 1.807) is 0 Å². The van der Waals surface area contributed by atoms with Crippen molar-refractivity contribution in [2.24, 2.45) is 5.92 Å². The van der Waals surface area contributed by atoms with Gasteiger partial charge in [-0.05, 0) is 38.3 Å². The molecule has 1 aromatic heterocycles. The molecule has 19 heavy (non-hydrogen) atoms. The van der Waals surface area contributed by atoms with Crippen molar-refractivity contribution in [2.75, 3.05) is 24.6 Å². The zero-order valence-electron chi connectivity index (χ0n) is 11.1. The van der Waals surface area contributed by atoms with Crippen molar-refractivity contribution in [3.8, 4) is 0 Å². The highest BCUT2D eigenvalue weighted by molar-refractivity contribution is 7.91. The second-order valence-electron chi connectivity index (χ2n) is 5.76. The van der Waals surface area contributed by atoms with Crippen molar-refractivity contribution >= 4 is 9.84 Å². The Labute approximate surface area is 114 Å². The first-order chi connectivity index (χ1) is 9.14. The van der Waals surface area contributed by atoms with Crippen LogP contribution in [0.15, 0.2) is 12.5 Å². The number of piperidine rings is 1. The molecule has 2 aliphatic heterocycles. The summed E-state index contributed by atoms with van der Waals surface area (Å²) in [5.41, 5.74) is 1.28. The maximum Gasteiger partial charge on any atom is 0.150 e. The third-order valence-corrected chi connectivity index (χ3v) is 6.12. The molecule has 2 aliphatic rings. The predicted molar refractivity (Wildman–Crippen MR) is 73.8 cm³/mol. The van der Waals surface area contributed by atoms with Gasteiger partial charge in [-0.25, -0.2) is 13.4 Å². The van der Waals surface area contributed by atoms with E-state index < -0.39 is 9.84 Å². The summed E-state index contributed by atoms with van der Waals surface area (Å²) in [6, 6.07) is 0. The monoisotopic (exact) mass is 283 g/mol. The van der Waals surface area contributed by atoms with E-state index in [9.17, 15) is 8.42 Å². The van der Waals surface area contributed by atoms with Gasteiger partial charge in [-0.2, -0.15) is 0 Å². The molecule has 2 saturated heterocycles. The molecule has 0 aliphatic carbocycles. The molecule has 0 radical (unpaired) electrons. The van der Waals surface area contributed by atoms with E-state index in [1.807, 2.05) is 12.5 Å². The minimum absolute atomic E-state index is 0.264. The van der Waals surface area contributed by atoms with Crippen LogP contribution in [0.2, 0.25) is 0 Å². The lowest BCUT2D eigenvalue weighted by Crippen LogP contribution is -2.28. The number of aromatic nitrogens is 2. The summed E-state index contributed by atoms with van der Waals surface area (Å²) in [7, 11) is -2.78. The van der Waals surface area contributed by atoms with Crippen LogP contribution in [0.5, 0.6) is 0 Å². The van der Waals surface area contributed by atoms with Crippen LogP contribution in [0.1, 0.15) is 30.9 Å². The van der Waals surface area contributed by atoms with Crippen LogP contribution in [-0.4, -0.2) is 42.6 Å². The molecule has 6 heteroatoms. The van der Waals surface area contributed by atoms with Crippen molar-refractivity contribution < 1.29 is 8.42 Å². The fourth-order valence-corrected chi connectivity index (χ4v) is 5.08. The fraction of sp³-hybridized carbons (Fsp3) is 0.769. The van der Waals surface area contributed by atoms with Gasteiger partial charge >= 0.3 is 0 Å². The zero-order chi connectivity index (χ0) is 13.3. The smallest absolute Gasteiger partial charge is 0.150 e. The maximum atomic E-state index is 11.5. The summed E-state index contributed by atoms with van der Waals surface area (Å²) in [6.45, 7) is 2.93. The van der Waals surface area contributed by atoms with Gasteiger partial charge in [-0.1, -0.05) is 0 Å². The average molecular weight is 283 g/mol. The summed E-state index contributed by atoms with van der Waals surface area (Å²) >= 11 is 0. The van der Waals surface area contributed by atoms with Gasteiger partial charge in [0.2, 0.25) is 0 Å². The van der Waals surface area contributed by atoms with Gasteiger partial charge in [0.1, 0.15) is 0 Å². The van der Waals surface area contributed by atoms with Gasteiger partial charge in [0.05, 0.1) is 17.8 Å². The van der Waals surface area contributed by atoms with Gasteiger partial charge in [0.25, 0.3) is 0 Å². The first kappa shape index (κ1) is 13.1. The Kier molecular flexibility index (Phi) is 3.62. The molecule has 5 nitrogen and oxygen atoms in total. The van der Waals surface area contributed by atoms with Crippen LogP contribution in [0.4, 0.5) is 0 Å². The Hall–Kier alpha value is -0.880. The van der Waals surface area contributed by atoms with Crippen LogP contribution < -0.4 is 5.32 Å². The van der Waals surface area contributed by atoms with Gasteiger partial charge in [0, 0.05) is 24.4 Å². The molecule has 0 saturated carbocycles. The number of nitrogens with one attached hydrogen (secondary N) is 1. The Morgan fingerprint density at radius 1 is 1.32 bits per heavy atom. The van der Waals surface area contributed by atoms with E-state index in [2.05, 4.69) is 14.9 Å². The SMILES string of the molecule is O=S1(=O)CCC(Cn2cncc2C2CCNCC2)C1. The van der Waals surface area contributed by atoms with Gasteiger partial charge in [0.15, 0.2) is 9.84 Å². The van der Waals surface area contributed by atoms with Gasteiger partial charge in [-0.15, -0.1) is 0 Å². The zero-order valence-corrected chi connectivity index (χ0v) is 11.9. The van der Waals surface area contributed by atoms with Crippen LogP contribution >= 0.6 is 0 Å². The highest BCUT2D eigenvalue weighted by Crippen LogP contribution is 2.27. The number of rotatable bonds is 3. The molecule has 1 unspecified atom stereocenters. The van der Waals surface area contributed by atoms with Crippen molar-refractivity contribution in [3.05, 3.63) is 18.2 Å². The molecule has 3 rings (SSSR count). The minimum Gasteiger partial charge on any atom is -0.334 e. The third kappa shape index (κ3) is 3.00. The highest BCUT2D eigenvalue weighted by atomic mass is 32.2. The fourth-order valence-electron chi connectivity index (χ4n) is 3.24. The lowest BCUT2D eigenvalue weighted by atomic mass is 9.94. The van der Waals surface area contributed by atoms with Crippen molar-refractivity contribution in [3.63, 3.8) is 0 Å². The predicted octanol–water partition coefficient (Wildman–Crippen LogP) is 0.785. The second-order valence-corrected chi connectivity index (χ2v) is 7.99. The van der Waals surface area contributed by atoms with Crippen LogP contribution in [0, 0.1) is 5.92 Å². The summed E-state index contributed by atoms with van der Waals surface area (Å²) in [5, 5.41) is 3.37. The first-order valence-electron chi connectivity index (χ1n) is 7.05. The number of hydrogen-bond donors (Lipinski definition) is 1. The lowest BCUT2D eigenvalue weighted by molar-refractivity contribution is 0.417. The maximum absolute atomic E-state index is 11.5. The summed E-state index contributed by atoms with van der Waals surface area (Å²) in [6.07, 6.45) is 6.91. The quantitative estimate of drug-likeness (QED) is 0.890. The van der Waals surface area contributed by atoms with E-state index in [0.29, 0.717) is 17.4 Å². The molecular weight excluding hydrogens is 262 g/mol. The topological polar surface area (TPSA) is 64.0 Å². The molecule has 3 heterocycles. The number of hydrogen-bond acceptors (Lipinski definition) is 4.